The molecule has 2 N–H and O–H groups in total. The van der Waals surface area contributed by atoms with E-state index in [1.165, 1.54) is 12.0 Å². The van der Waals surface area contributed by atoms with Crippen molar-refractivity contribution < 1.29 is 4.52 Å². The average molecular weight is 312 g/mol. The van der Waals surface area contributed by atoms with Gasteiger partial charge < -0.3 is 10.3 Å². The van der Waals surface area contributed by atoms with Gasteiger partial charge in [-0.3, -0.25) is 4.90 Å². The third-order valence-electron chi connectivity index (χ3n) is 5.24. The molecule has 1 saturated carbocycles. The summed E-state index contributed by atoms with van der Waals surface area (Å²) >= 11 is 0. The van der Waals surface area contributed by atoms with Crippen LogP contribution in [0.5, 0.6) is 0 Å². The normalized spacial score (nSPS) is 24.3. The van der Waals surface area contributed by atoms with Gasteiger partial charge in [0, 0.05) is 13.1 Å². The topological polar surface area (TPSA) is 68.2 Å². The lowest BCUT2D eigenvalue weighted by Crippen LogP contribution is -2.44. The third-order valence-corrected chi connectivity index (χ3v) is 5.24. The Morgan fingerprint density at radius 3 is 2.78 bits per heavy atom. The number of likely N-dealkylation sites (tertiary alicyclic amines) is 1. The van der Waals surface area contributed by atoms with Gasteiger partial charge in [0.2, 0.25) is 5.89 Å². The maximum absolute atomic E-state index is 6.30. The van der Waals surface area contributed by atoms with Crippen LogP contribution in [0.4, 0.5) is 0 Å². The van der Waals surface area contributed by atoms with Crippen LogP contribution in [0.2, 0.25) is 0 Å². The molecule has 23 heavy (non-hydrogen) atoms. The molecule has 1 saturated heterocycles. The van der Waals surface area contributed by atoms with E-state index in [-0.39, 0.29) is 5.54 Å². The second kappa shape index (κ2) is 6.06. The third kappa shape index (κ3) is 3.03. The Bertz CT molecular complexity index is 650. The number of hydrogen-bond acceptors (Lipinski definition) is 5. The summed E-state index contributed by atoms with van der Waals surface area (Å²) in [5.74, 6) is 1.81. The lowest BCUT2D eigenvalue weighted by molar-refractivity contribution is 0.179. The Morgan fingerprint density at radius 1 is 1.22 bits per heavy atom. The molecule has 0 amide bonds. The van der Waals surface area contributed by atoms with E-state index in [0.717, 1.165) is 51.2 Å². The molecule has 1 aromatic heterocycles. The fraction of sp³-hybridized carbons (Fsp3) is 0.556. The zero-order chi connectivity index (χ0) is 15.7. The molecule has 1 aliphatic carbocycles. The van der Waals surface area contributed by atoms with Crippen LogP contribution >= 0.6 is 0 Å². The van der Waals surface area contributed by atoms with Crippen molar-refractivity contribution in [1.82, 2.24) is 15.0 Å². The number of benzene rings is 1. The van der Waals surface area contributed by atoms with Crippen LogP contribution in [0.1, 0.15) is 55.3 Å². The van der Waals surface area contributed by atoms with Gasteiger partial charge in [-0.2, -0.15) is 4.98 Å². The van der Waals surface area contributed by atoms with Gasteiger partial charge in [-0.05, 0) is 44.2 Å². The molecule has 1 aromatic carbocycles. The minimum absolute atomic E-state index is 0.331. The first-order valence-corrected chi connectivity index (χ1v) is 8.62. The SMILES string of the molecule is NC1(c2noc(C3CCCN(Cc4ccccc4)C3)n2)CCC1. The highest BCUT2D eigenvalue weighted by atomic mass is 16.5. The van der Waals surface area contributed by atoms with Gasteiger partial charge in [-0.15, -0.1) is 0 Å². The zero-order valence-corrected chi connectivity index (χ0v) is 13.4. The number of rotatable bonds is 4. The van der Waals surface area contributed by atoms with Crippen LogP contribution in [0.3, 0.4) is 0 Å². The molecule has 0 radical (unpaired) electrons. The number of aromatic nitrogens is 2. The molecule has 122 valence electrons. The van der Waals surface area contributed by atoms with E-state index < -0.39 is 0 Å². The Labute approximate surface area is 136 Å². The molecule has 4 rings (SSSR count). The summed E-state index contributed by atoms with van der Waals surface area (Å²) in [5.41, 5.74) is 7.32. The van der Waals surface area contributed by atoms with E-state index in [9.17, 15) is 0 Å². The number of nitrogens with zero attached hydrogens (tertiary/aromatic N) is 3. The molecule has 2 aromatic rings. The zero-order valence-electron chi connectivity index (χ0n) is 13.4. The number of piperidine rings is 1. The maximum Gasteiger partial charge on any atom is 0.231 e. The van der Waals surface area contributed by atoms with Crippen LogP contribution in [0.25, 0.3) is 0 Å². The highest BCUT2D eigenvalue weighted by molar-refractivity contribution is 5.15. The fourth-order valence-electron chi connectivity index (χ4n) is 3.63. The molecular weight excluding hydrogens is 288 g/mol. The Morgan fingerprint density at radius 2 is 2.04 bits per heavy atom. The monoisotopic (exact) mass is 312 g/mol. The van der Waals surface area contributed by atoms with Crippen molar-refractivity contribution >= 4 is 0 Å². The van der Waals surface area contributed by atoms with Gasteiger partial charge in [0.25, 0.3) is 0 Å². The predicted molar refractivity (Wildman–Crippen MR) is 87.7 cm³/mol. The van der Waals surface area contributed by atoms with Crippen LogP contribution in [-0.2, 0) is 12.1 Å². The molecule has 1 atom stereocenters. The van der Waals surface area contributed by atoms with Crippen molar-refractivity contribution in [1.29, 1.82) is 0 Å². The van der Waals surface area contributed by atoms with Crippen molar-refractivity contribution in [2.24, 2.45) is 5.73 Å². The minimum atomic E-state index is -0.333. The lowest BCUT2D eigenvalue weighted by Gasteiger charge is -2.34. The van der Waals surface area contributed by atoms with Crippen molar-refractivity contribution in [2.45, 2.75) is 50.1 Å². The van der Waals surface area contributed by atoms with Crippen molar-refractivity contribution in [2.75, 3.05) is 13.1 Å². The van der Waals surface area contributed by atoms with Gasteiger partial charge in [0.05, 0.1) is 11.5 Å². The Kier molecular flexibility index (Phi) is 3.91. The van der Waals surface area contributed by atoms with Crippen LogP contribution in [0, 0.1) is 0 Å². The van der Waals surface area contributed by atoms with Crippen LogP contribution in [-0.4, -0.2) is 28.1 Å². The standard InChI is InChI=1S/C18H24N4O/c19-18(9-5-10-18)17-20-16(23-21-17)15-8-4-11-22(13-15)12-14-6-2-1-3-7-14/h1-3,6-7,15H,4-5,8-13,19H2. The molecule has 1 aliphatic heterocycles. The first-order chi connectivity index (χ1) is 11.2. The quantitative estimate of drug-likeness (QED) is 0.940. The summed E-state index contributed by atoms with van der Waals surface area (Å²) in [6, 6.07) is 10.6. The smallest absolute Gasteiger partial charge is 0.231 e. The lowest BCUT2D eigenvalue weighted by atomic mass is 9.77. The molecule has 0 bridgehead atoms. The fourth-order valence-corrected chi connectivity index (χ4v) is 3.63. The van der Waals surface area contributed by atoms with E-state index in [2.05, 4.69) is 45.4 Å². The minimum Gasteiger partial charge on any atom is -0.339 e. The molecule has 0 spiro atoms. The molecule has 5 nitrogen and oxygen atoms in total. The maximum atomic E-state index is 6.30. The number of nitrogens with two attached hydrogens (primary N) is 1. The summed E-state index contributed by atoms with van der Waals surface area (Å²) in [6.07, 6.45) is 5.38. The van der Waals surface area contributed by atoms with Gasteiger partial charge in [-0.25, -0.2) is 0 Å². The van der Waals surface area contributed by atoms with Gasteiger partial charge in [-0.1, -0.05) is 35.5 Å². The first-order valence-electron chi connectivity index (χ1n) is 8.62. The molecular formula is C18H24N4O. The van der Waals surface area contributed by atoms with Gasteiger partial charge >= 0.3 is 0 Å². The van der Waals surface area contributed by atoms with Crippen molar-refractivity contribution in [3.8, 4) is 0 Å². The number of hydrogen-bond donors (Lipinski definition) is 1. The van der Waals surface area contributed by atoms with Crippen molar-refractivity contribution in [3.05, 3.63) is 47.6 Å². The molecule has 1 unspecified atom stereocenters. The summed E-state index contributed by atoms with van der Waals surface area (Å²) in [6.45, 7) is 3.10. The summed E-state index contributed by atoms with van der Waals surface area (Å²) in [7, 11) is 0. The molecule has 2 aliphatic rings. The van der Waals surface area contributed by atoms with E-state index in [4.69, 9.17) is 10.3 Å². The summed E-state index contributed by atoms with van der Waals surface area (Å²) in [4.78, 5) is 7.12. The van der Waals surface area contributed by atoms with Crippen LogP contribution < -0.4 is 5.73 Å². The predicted octanol–water partition coefficient (Wildman–Crippen LogP) is 2.79. The van der Waals surface area contributed by atoms with E-state index >= 15 is 0 Å². The Hall–Kier alpha value is -1.72. The van der Waals surface area contributed by atoms with Crippen LogP contribution in [0.15, 0.2) is 34.9 Å². The summed E-state index contributed by atoms with van der Waals surface area (Å²) in [5, 5.41) is 4.16. The van der Waals surface area contributed by atoms with E-state index in [1.54, 1.807) is 0 Å². The highest BCUT2D eigenvalue weighted by Gasteiger charge is 2.39. The average Bonchev–Trinajstić information content (AvgIpc) is 3.04. The molecule has 5 heteroatoms. The largest absolute Gasteiger partial charge is 0.339 e. The Balaban J connectivity index is 1.43. The van der Waals surface area contributed by atoms with Gasteiger partial charge in [0.15, 0.2) is 5.82 Å². The van der Waals surface area contributed by atoms with E-state index in [0.29, 0.717) is 11.7 Å². The molecule has 2 fully saturated rings. The summed E-state index contributed by atoms with van der Waals surface area (Å²) < 4.78 is 5.56. The molecule has 2 heterocycles. The van der Waals surface area contributed by atoms with Crippen molar-refractivity contribution in [3.63, 3.8) is 0 Å². The van der Waals surface area contributed by atoms with E-state index in [1.807, 2.05) is 0 Å². The van der Waals surface area contributed by atoms with Gasteiger partial charge in [0.1, 0.15) is 0 Å². The first kappa shape index (κ1) is 14.8. The highest BCUT2D eigenvalue weighted by Crippen LogP contribution is 2.38. The second-order valence-corrected chi connectivity index (χ2v) is 7.03. The second-order valence-electron chi connectivity index (χ2n) is 7.03.